The van der Waals surface area contributed by atoms with Gasteiger partial charge >= 0.3 is 0 Å². The van der Waals surface area contributed by atoms with Crippen molar-refractivity contribution < 1.29 is 5.11 Å². The normalized spacial score (nSPS) is 11.4. The molecule has 0 saturated carbocycles. The number of hydrogen-bond acceptors (Lipinski definition) is 7. The van der Waals surface area contributed by atoms with Crippen LogP contribution in [0.15, 0.2) is 21.6 Å². The first-order chi connectivity index (χ1) is 10.8. The molecule has 116 valence electrons. The molecule has 3 aromatic rings. The molecule has 22 heavy (non-hydrogen) atoms. The largest absolute Gasteiger partial charge is 0.388 e. The van der Waals surface area contributed by atoms with Gasteiger partial charge in [-0.25, -0.2) is 9.97 Å². The Hall–Kier alpha value is -1.51. The highest BCUT2D eigenvalue weighted by Crippen LogP contribution is 2.33. The monoisotopic (exact) mass is 335 g/mol. The van der Waals surface area contributed by atoms with Crippen molar-refractivity contribution in [2.24, 2.45) is 0 Å². The lowest BCUT2D eigenvalue weighted by Gasteiger charge is -2.08. The second-order valence-electron chi connectivity index (χ2n) is 4.75. The summed E-state index contributed by atoms with van der Waals surface area (Å²) in [6.45, 7) is 4.81. The predicted molar refractivity (Wildman–Crippen MR) is 87.2 cm³/mol. The standard InChI is InChI=1S/C14H17N5OS2/c1-3-6-19-11(8-20)17-18-14(19)22-13-9-5-7-21-12(9)15-10(4-2)16-13/h5,7,20H,3-4,6,8H2,1-2H3. The number of aryl methyl sites for hydroxylation is 1. The van der Waals surface area contributed by atoms with Crippen LogP contribution < -0.4 is 0 Å². The van der Waals surface area contributed by atoms with Crippen molar-refractivity contribution >= 4 is 33.3 Å². The van der Waals surface area contributed by atoms with Crippen LogP contribution in [-0.4, -0.2) is 29.8 Å². The maximum atomic E-state index is 9.39. The number of fused-ring (bicyclic) bond motifs is 1. The molecule has 0 aliphatic heterocycles. The van der Waals surface area contributed by atoms with Gasteiger partial charge in [0.1, 0.15) is 22.3 Å². The molecule has 0 unspecified atom stereocenters. The molecular weight excluding hydrogens is 318 g/mol. The van der Waals surface area contributed by atoms with Gasteiger partial charge in [-0.1, -0.05) is 13.8 Å². The molecule has 1 N–H and O–H groups in total. The van der Waals surface area contributed by atoms with E-state index in [0.717, 1.165) is 45.6 Å². The van der Waals surface area contributed by atoms with E-state index in [1.807, 2.05) is 22.9 Å². The third kappa shape index (κ3) is 2.86. The average Bonchev–Trinajstić information content (AvgIpc) is 3.15. The van der Waals surface area contributed by atoms with Crippen LogP contribution in [-0.2, 0) is 19.6 Å². The first kappa shape index (κ1) is 15.4. The lowest BCUT2D eigenvalue weighted by molar-refractivity contribution is 0.263. The van der Waals surface area contributed by atoms with Crippen molar-refractivity contribution in [1.82, 2.24) is 24.7 Å². The summed E-state index contributed by atoms with van der Waals surface area (Å²) in [7, 11) is 0. The van der Waals surface area contributed by atoms with Gasteiger partial charge in [0.25, 0.3) is 0 Å². The number of aliphatic hydroxyl groups is 1. The smallest absolute Gasteiger partial charge is 0.197 e. The van der Waals surface area contributed by atoms with Crippen LogP contribution in [0.25, 0.3) is 10.2 Å². The Kier molecular flexibility index (Phi) is 4.70. The van der Waals surface area contributed by atoms with Crippen LogP contribution in [0.5, 0.6) is 0 Å². The maximum absolute atomic E-state index is 9.39. The molecule has 0 aliphatic carbocycles. The predicted octanol–water partition coefficient (Wildman–Crippen LogP) is 2.90. The van der Waals surface area contributed by atoms with E-state index in [1.54, 1.807) is 11.3 Å². The summed E-state index contributed by atoms with van der Waals surface area (Å²) >= 11 is 3.11. The van der Waals surface area contributed by atoms with E-state index in [9.17, 15) is 5.11 Å². The van der Waals surface area contributed by atoms with E-state index in [1.165, 1.54) is 11.8 Å². The van der Waals surface area contributed by atoms with Crippen LogP contribution in [0.2, 0.25) is 0 Å². The topological polar surface area (TPSA) is 76.7 Å². The Morgan fingerprint density at radius 1 is 1.27 bits per heavy atom. The number of thiophene rings is 1. The van der Waals surface area contributed by atoms with Crippen LogP contribution in [0.1, 0.15) is 31.9 Å². The van der Waals surface area contributed by atoms with Gasteiger partial charge in [0.15, 0.2) is 11.0 Å². The third-order valence-electron chi connectivity index (χ3n) is 3.22. The van der Waals surface area contributed by atoms with E-state index in [-0.39, 0.29) is 6.61 Å². The summed E-state index contributed by atoms with van der Waals surface area (Å²) in [5, 5.41) is 22.4. The van der Waals surface area contributed by atoms with Gasteiger partial charge in [0, 0.05) is 18.4 Å². The van der Waals surface area contributed by atoms with Crippen molar-refractivity contribution in [1.29, 1.82) is 0 Å². The van der Waals surface area contributed by atoms with Gasteiger partial charge in [0.2, 0.25) is 0 Å². The Bertz CT molecular complexity index is 783. The summed E-state index contributed by atoms with van der Waals surface area (Å²) in [6, 6.07) is 2.04. The van der Waals surface area contributed by atoms with Crippen LogP contribution in [0, 0.1) is 0 Å². The maximum Gasteiger partial charge on any atom is 0.197 e. The highest BCUT2D eigenvalue weighted by Gasteiger charge is 2.16. The van der Waals surface area contributed by atoms with Crippen LogP contribution in [0.3, 0.4) is 0 Å². The molecule has 0 radical (unpaired) electrons. The third-order valence-corrected chi connectivity index (χ3v) is 5.02. The number of nitrogens with zero attached hydrogens (tertiary/aromatic N) is 5. The number of rotatable bonds is 6. The van der Waals surface area contributed by atoms with Crippen molar-refractivity contribution in [3.8, 4) is 0 Å². The lowest BCUT2D eigenvalue weighted by atomic mass is 10.4. The zero-order chi connectivity index (χ0) is 15.5. The molecule has 0 bridgehead atoms. The Morgan fingerprint density at radius 3 is 2.86 bits per heavy atom. The van der Waals surface area contributed by atoms with E-state index < -0.39 is 0 Å². The molecule has 0 aliphatic rings. The molecule has 3 aromatic heterocycles. The van der Waals surface area contributed by atoms with Crippen molar-refractivity contribution in [2.45, 2.75) is 50.0 Å². The van der Waals surface area contributed by atoms with Crippen molar-refractivity contribution in [2.75, 3.05) is 0 Å². The Balaban J connectivity index is 2.02. The fraction of sp³-hybridized carbons (Fsp3) is 0.429. The van der Waals surface area contributed by atoms with Gasteiger partial charge in [-0.05, 0) is 29.6 Å². The first-order valence-corrected chi connectivity index (χ1v) is 8.91. The molecule has 0 atom stereocenters. The first-order valence-electron chi connectivity index (χ1n) is 7.21. The fourth-order valence-corrected chi connectivity index (χ4v) is 3.99. The fourth-order valence-electron chi connectivity index (χ4n) is 2.15. The summed E-state index contributed by atoms with van der Waals surface area (Å²) < 4.78 is 1.95. The molecule has 0 amide bonds. The second-order valence-corrected chi connectivity index (χ2v) is 6.60. The van der Waals surface area contributed by atoms with Gasteiger partial charge in [-0.15, -0.1) is 21.5 Å². The SMILES string of the molecule is CCCn1c(CO)nnc1Sc1nc(CC)nc2sccc12. The Morgan fingerprint density at radius 2 is 2.14 bits per heavy atom. The van der Waals surface area contributed by atoms with Crippen LogP contribution >= 0.6 is 23.1 Å². The minimum absolute atomic E-state index is 0.106. The van der Waals surface area contributed by atoms with E-state index >= 15 is 0 Å². The lowest BCUT2D eigenvalue weighted by Crippen LogP contribution is -2.05. The molecular formula is C14H17N5OS2. The number of aromatic nitrogens is 5. The zero-order valence-corrected chi connectivity index (χ0v) is 14.1. The molecule has 3 heterocycles. The van der Waals surface area contributed by atoms with Crippen LogP contribution in [0.4, 0.5) is 0 Å². The molecule has 3 rings (SSSR count). The van der Waals surface area contributed by atoms with E-state index in [0.29, 0.717) is 5.82 Å². The zero-order valence-electron chi connectivity index (χ0n) is 12.5. The minimum atomic E-state index is -0.106. The quantitative estimate of drug-likeness (QED) is 0.698. The van der Waals surface area contributed by atoms with Gasteiger partial charge in [0.05, 0.1) is 0 Å². The Labute approximate surface area is 136 Å². The second kappa shape index (κ2) is 6.72. The summed E-state index contributed by atoms with van der Waals surface area (Å²) in [5.41, 5.74) is 0. The average molecular weight is 335 g/mol. The van der Waals surface area contributed by atoms with Crippen molar-refractivity contribution in [3.05, 3.63) is 23.1 Å². The number of aliphatic hydroxyl groups excluding tert-OH is 1. The highest BCUT2D eigenvalue weighted by atomic mass is 32.2. The molecule has 8 heteroatoms. The molecule has 0 spiro atoms. The summed E-state index contributed by atoms with van der Waals surface area (Å²) in [5.74, 6) is 1.43. The van der Waals surface area contributed by atoms with Gasteiger partial charge < -0.3 is 9.67 Å². The molecule has 0 fully saturated rings. The van der Waals surface area contributed by atoms with E-state index in [2.05, 4.69) is 27.1 Å². The summed E-state index contributed by atoms with van der Waals surface area (Å²) in [6.07, 6.45) is 1.75. The van der Waals surface area contributed by atoms with Gasteiger partial charge in [-0.3, -0.25) is 0 Å². The number of hydrogen-bond donors (Lipinski definition) is 1. The minimum Gasteiger partial charge on any atom is -0.388 e. The molecule has 0 saturated heterocycles. The van der Waals surface area contributed by atoms with E-state index in [4.69, 9.17) is 0 Å². The molecule has 0 aromatic carbocycles. The van der Waals surface area contributed by atoms with Gasteiger partial charge in [-0.2, -0.15) is 0 Å². The molecule has 6 nitrogen and oxygen atoms in total. The highest BCUT2D eigenvalue weighted by molar-refractivity contribution is 7.99. The summed E-state index contributed by atoms with van der Waals surface area (Å²) in [4.78, 5) is 10.2. The van der Waals surface area contributed by atoms with Crippen molar-refractivity contribution in [3.63, 3.8) is 0 Å².